The van der Waals surface area contributed by atoms with Gasteiger partial charge in [-0.15, -0.1) is 0 Å². The first-order valence-electron chi connectivity index (χ1n) is 7.48. The largest absolute Gasteiger partial charge is 0.370 e. The summed E-state index contributed by atoms with van der Waals surface area (Å²) in [6.07, 6.45) is 0. The highest BCUT2D eigenvalue weighted by Crippen LogP contribution is 2.20. The summed E-state index contributed by atoms with van der Waals surface area (Å²) in [7, 11) is 0. The topological polar surface area (TPSA) is 78.9 Å². The molecule has 118 valence electrons. The molecule has 0 aliphatic carbocycles. The van der Waals surface area contributed by atoms with Crippen molar-refractivity contribution in [3.8, 4) is 0 Å². The average Bonchev–Trinajstić information content (AvgIpc) is 2.41. The number of rotatable bonds is 7. The van der Waals surface area contributed by atoms with Gasteiger partial charge in [-0.1, -0.05) is 13.8 Å². The van der Waals surface area contributed by atoms with E-state index in [0.717, 1.165) is 17.9 Å². The second-order valence-corrected chi connectivity index (χ2v) is 5.63. The smallest absolute Gasteiger partial charge is 0.242 e. The van der Waals surface area contributed by atoms with Crippen molar-refractivity contribution in [2.24, 2.45) is 5.92 Å². The van der Waals surface area contributed by atoms with Crippen molar-refractivity contribution in [2.75, 3.05) is 23.7 Å². The quantitative estimate of drug-likeness (QED) is 0.717. The van der Waals surface area contributed by atoms with E-state index in [1.165, 1.54) is 0 Å². The van der Waals surface area contributed by atoms with Crippen LogP contribution in [0.3, 0.4) is 0 Å². The highest BCUT2D eigenvalue weighted by atomic mass is 16.2. The highest BCUT2D eigenvalue weighted by Gasteiger charge is 2.16. The fourth-order valence-corrected chi connectivity index (χ4v) is 1.84. The van der Waals surface area contributed by atoms with Crippen LogP contribution in [-0.4, -0.2) is 35.0 Å². The Balaban J connectivity index is 2.79. The minimum Gasteiger partial charge on any atom is -0.370 e. The van der Waals surface area contributed by atoms with Gasteiger partial charge in [0.15, 0.2) is 0 Å². The van der Waals surface area contributed by atoms with Crippen LogP contribution in [0.5, 0.6) is 0 Å². The summed E-state index contributed by atoms with van der Waals surface area (Å²) in [5.41, 5.74) is 0.922. The Morgan fingerprint density at radius 2 is 1.76 bits per heavy atom. The van der Waals surface area contributed by atoms with Gasteiger partial charge in [0.05, 0.1) is 0 Å². The van der Waals surface area contributed by atoms with Gasteiger partial charge in [-0.2, -0.15) is 0 Å². The second-order valence-electron chi connectivity index (χ2n) is 5.63. The van der Waals surface area contributed by atoms with E-state index in [4.69, 9.17) is 0 Å². The summed E-state index contributed by atoms with van der Waals surface area (Å²) in [5.74, 6) is 2.59. The van der Waals surface area contributed by atoms with Crippen molar-refractivity contribution >= 4 is 17.5 Å². The van der Waals surface area contributed by atoms with Gasteiger partial charge in [-0.3, -0.25) is 4.79 Å². The van der Waals surface area contributed by atoms with Gasteiger partial charge < -0.3 is 16.0 Å². The van der Waals surface area contributed by atoms with Gasteiger partial charge in [-0.05, 0) is 33.6 Å². The Kier molecular flexibility index (Phi) is 6.39. The van der Waals surface area contributed by atoms with E-state index < -0.39 is 0 Å². The van der Waals surface area contributed by atoms with Crippen LogP contribution in [0.4, 0.5) is 11.6 Å². The van der Waals surface area contributed by atoms with Gasteiger partial charge in [0.25, 0.3) is 0 Å². The van der Waals surface area contributed by atoms with Crippen LogP contribution >= 0.6 is 0 Å². The van der Waals surface area contributed by atoms with Gasteiger partial charge in [0.2, 0.25) is 5.91 Å². The minimum absolute atomic E-state index is 0.0237. The van der Waals surface area contributed by atoms with E-state index in [9.17, 15) is 4.79 Å². The number of nitrogens with zero attached hydrogens (tertiary/aromatic N) is 2. The predicted molar refractivity (Wildman–Crippen MR) is 86.6 cm³/mol. The van der Waals surface area contributed by atoms with E-state index in [1.54, 1.807) is 0 Å². The van der Waals surface area contributed by atoms with Crippen LogP contribution in [0.15, 0.2) is 0 Å². The van der Waals surface area contributed by atoms with Crippen molar-refractivity contribution in [2.45, 2.75) is 47.6 Å². The van der Waals surface area contributed by atoms with Crippen molar-refractivity contribution < 1.29 is 4.79 Å². The fourth-order valence-electron chi connectivity index (χ4n) is 1.84. The van der Waals surface area contributed by atoms with E-state index >= 15 is 0 Å². The third kappa shape index (κ3) is 5.21. The number of aryl methyl sites for hydroxylation is 1. The molecule has 0 aliphatic heterocycles. The van der Waals surface area contributed by atoms with Crippen molar-refractivity contribution in [1.82, 2.24) is 15.3 Å². The summed E-state index contributed by atoms with van der Waals surface area (Å²) in [6, 6.07) is -0.341. The molecular weight excluding hydrogens is 266 g/mol. The first-order chi connectivity index (χ1) is 9.85. The molecule has 0 bridgehead atoms. The lowest BCUT2D eigenvalue weighted by atomic mass is 10.2. The summed E-state index contributed by atoms with van der Waals surface area (Å²) in [5, 5.41) is 9.29. The number of aromatic nitrogens is 2. The van der Waals surface area contributed by atoms with Gasteiger partial charge in [0, 0.05) is 18.7 Å². The van der Waals surface area contributed by atoms with Crippen molar-refractivity contribution in [3.05, 3.63) is 11.4 Å². The number of hydrogen-bond donors (Lipinski definition) is 3. The normalized spacial score (nSPS) is 12.1. The van der Waals surface area contributed by atoms with Gasteiger partial charge in [0.1, 0.15) is 23.5 Å². The Morgan fingerprint density at radius 1 is 1.14 bits per heavy atom. The average molecular weight is 293 g/mol. The van der Waals surface area contributed by atoms with Crippen LogP contribution in [-0.2, 0) is 4.79 Å². The zero-order chi connectivity index (χ0) is 16.0. The maximum absolute atomic E-state index is 12.0. The molecule has 6 heteroatoms. The molecule has 0 saturated carbocycles. The monoisotopic (exact) mass is 293 g/mol. The molecule has 0 saturated heterocycles. The second kappa shape index (κ2) is 7.81. The van der Waals surface area contributed by atoms with E-state index in [0.29, 0.717) is 24.1 Å². The first kappa shape index (κ1) is 17.2. The molecule has 21 heavy (non-hydrogen) atoms. The highest BCUT2D eigenvalue weighted by molar-refractivity contribution is 5.84. The summed E-state index contributed by atoms with van der Waals surface area (Å²) in [6.45, 7) is 13.2. The zero-order valence-electron chi connectivity index (χ0n) is 13.9. The number of amides is 1. The van der Waals surface area contributed by atoms with Crippen molar-refractivity contribution in [3.63, 3.8) is 0 Å². The maximum atomic E-state index is 12.0. The van der Waals surface area contributed by atoms with Gasteiger partial charge >= 0.3 is 0 Å². The predicted octanol–water partition coefficient (Wildman–Crippen LogP) is 2.10. The number of carbonyl (C=O) groups is 1. The van der Waals surface area contributed by atoms with Crippen LogP contribution in [0.25, 0.3) is 0 Å². The number of nitrogens with one attached hydrogen (secondary N) is 3. The molecule has 0 aliphatic rings. The first-order valence-corrected chi connectivity index (χ1v) is 7.48. The molecule has 0 aromatic carbocycles. The van der Waals surface area contributed by atoms with E-state index in [1.807, 2.05) is 27.7 Å². The number of hydrogen-bond acceptors (Lipinski definition) is 5. The molecule has 0 fully saturated rings. The summed E-state index contributed by atoms with van der Waals surface area (Å²) >= 11 is 0. The standard InChI is InChI=1S/C15H27N5O/c1-7-16-13-10(4)14(20-12(6)19-13)18-11(5)15(21)17-8-9(2)3/h9,11H,7-8H2,1-6H3,(H,17,21)(H2,16,18,19,20). The fraction of sp³-hybridized carbons (Fsp3) is 0.667. The van der Waals surface area contributed by atoms with E-state index in [-0.39, 0.29) is 11.9 Å². The lowest BCUT2D eigenvalue weighted by molar-refractivity contribution is -0.121. The molecule has 1 rings (SSSR count). The summed E-state index contributed by atoms with van der Waals surface area (Å²) in [4.78, 5) is 20.8. The van der Waals surface area contributed by atoms with Crippen molar-refractivity contribution in [1.29, 1.82) is 0 Å². The van der Waals surface area contributed by atoms with Gasteiger partial charge in [-0.25, -0.2) is 9.97 Å². The lowest BCUT2D eigenvalue weighted by Crippen LogP contribution is -2.39. The molecule has 0 spiro atoms. The molecule has 3 N–H and O–H groups in total. The number of anilines is 2. The summed E-state index contributed by atoms with van der Waals surface area (Å²) < 4.78 is 0. The van der Waals surface area contributed by atoms with Crippen LogP contribution in [0.2, 0.25) is 0 Å². The number of carbonyl (C=O) groups excluding carboxylic acids is 1. The molecule has 1 unspecified atom stereocenters. The Bertz CT molecular complexity index is 487. The van der Waals surface area contributed by atoms with Crippen LogP contribution < -0.4 is 16.0 Å². The molecule has 1 aromatic heterocycles. The molecule has 1 heterocycles. The molecule has 1 aromatic rings. The lowest BCUT2D eigenvalue weighted by Gasteiger charge is -2.18. The minimum atomic E-state index is -0.341. The molecule has 6 nitrogen and oxygen atoms in total. The Labute approximate surface area is 127 Å². The Morgan fingerprint density at radius 3 is 2.33 bits per heavy atom. The zero-order valence-corrected chi connectivity index (χ0v) is 13.9. The molecular formula is C15H27N5O. The molecule has 0 radical (unpaired) electrons. The SMILES string of the molecule is CCNc1nc(C)nc(NC(C)C(=O)NCC(C)C)c1C. The molecule has 1 atom stereocenters. The maximum Gasteiger partial charge on any atom is 0.242 e. The van der Waals surface area contributed by atoms with Crippen LogP contribution in [0, 0.1) is 19.8 Å². The third-order valence-corrected chi connectivity index (χ3v) is 3.03. The Hall–Kier alpha value is -1.85. The van der Waals surface area contributed by atoms with E-state index in [2.05, 4.69) is 39.8 Å². The van der Waals surface area contributed by atoms with Crippen LogP contribution in [0.1, 0.15) is 39.1 Å². The molecule has 1 amide bonds. The third-order valence-electron chi connectivity index (χ3n) is 3.03.